The van der Waals surface area contributed by atoms with Gasteiger partial charge in [-0.2, -0.15) is 0 Å². The first kappa shape index (κ1) is 17.2. The highest BCUT2D eigenvalue weighted by Crippen LogP contribution is 2.10. The second kappa shape index (κ2) is 8.40. The third kappa shape index (κ3) is 6.04. The summed E-state index contributed by atoms with van der Waals surface area (Å²) in [5.74, 6) is -1.66. The molecule has 0 aliphatic rings. The van der Waals surface area contributed by atoms with Gasteiger partial charge in [0.25, 0.3) is 5.91 Å². The van der Waals surface area contributed by atoms with Gasteiger partial charge in [-0.15, -0.1) is 0 Å². The summed E-state index contributed by atoms with van der Waals surface area (Å²) in [6.45, 7) is 2.88. The van der Waals surface area contributed by atoms with Gasteiger partial charge >= 0.3 is 12.0 Å². The fraction of sp³-hybridized carbons (Fsp3) is 0.286. The Morgan fingerprint density at radius 1 is 1.09 bits per heavy atom. The minimum absolute atomic E-state index is 0.222. The van der Waals surface area contributed by atoms with E-state index in [0.29, 0.717) is 12.2 Å². The van der Waals surface area contributed by atoms with E-state index in [1.807, 2.05) is 5.32 Å². The number of urea groups is 1. The van der Waals surface area contributed by atoms with E-state index in [1.54, 1.807) is 6.92 Å². The fourth-order valence-corrected chi connectivity index (χ4v) is 1.47. The molecule has 8 heteroatoms. The van der Waals surface area contributed by atoms with Gasteiger partial charge in [0.2, 0.25) is 5.91 Å². The number of ether oxygens (including phenoxy) is 1. The highest BCUT2D eigenvalue weighted by Gasteiger charge is 2.12. The SMILES string of the molecule is CCNC(=O)NC(=O)COC(=O)c1ccc(NC(C)=O)cc1. The Balaban J connectivity index is 2.46. The first-order chi connectivity index (χ1) is 10.4. The number of nitrogens with one attached hydrogen (secondary N) is 3. The molecule has 4 amide bonds. The molecule has 0 saturated carbocycles. The quantitative estimate of drug-likeness (QED) is 0.691. The number of carbonyl (C=O) groups is 4. The predicted octanol–water partition coefficient (Wildman–Crippen LogP) is 0.647. The summed E-state index contributed by atoms with van der Waals surface area (Å²) in [4.78, 5) is 45.0. The van der Waals surface area contributed by atoms with Crippen LogP contribution in [0.2, 0.25) is 0 Å². The van der Waals surface area contributed by atoms with Crippen molar-refractivity contribution in [3.05, 3.63) is 29.8 Å². The molecule has 0 heterocycles. The van der Waals surface area contributed by atoms with Gasteiger partial charge in [0.15, 0.2) is 6.61 Å². The second-order valence-corrected chi connectivity index (χ2v) is 4.24. The van der Waals surface area contributed by atoms with Crippen LogP contribution in [0.4, 0.5) is 10.5 Å². The van der Waals surface area contributed by atoms with Crippen LogP contribution in [0, 0.1) is 0 Å². The summed E-state index contributed by atoms with van der Waals surface area (Å²) >= 11 is 0. The Hall–Kier alpha value is -2.90. The van der Waals surface area contributed by atoms with E-state index in [4.69, 9.17) is 4.74 Å². The molecule has 0 spiro atoms. The van der Waals surface area contributed by atoms with Gasteiger partial charge in [0.05, 0.1) is 5.56 Å². The van der Waals surface area contributed by atoms with Crippen LogP contribution in [0.25, 0.3) is 0 Å². The van der Waals surface area contributed by atoms with Gasteiger partial charge in [-0.3, -0.25) is 14.9 Å². The van der Waals surface area contributed by atoms with Crippen molar-refractivity contribution in [3.8, 4) is 0 Å². The summed E-state index contributed by atoms with van der Waals surface area (Å²) in [7, 11) is 0. The molecule has 1 aromatic carbocycles. The van der Waals surface area contributed by atoms with Gasteiger partial charge in [-0.25, -0.2) is 9.59 Å². The van der Waals surface area contributed by atoms with E-state index in [2.05, 4.69) is 10.6 Å². The van der Waals surface area contributed by atoms with Crippen LogP contribution in [0.5, 0.6) is 0 Å². The predicted molar refractivity (Wildman–Crippen MR) is 78.2 cm³/mol. The first-order valence-electron chi connectivity index (χ1n) is 6.54. The molecule has 0 atom stereocenters. The van der Waals surface area contributed by atoms with Gasteiger partial charge in [0.1, 0.15) is 0 Å². The maximum absolute atomic E-state index is 11.7. The molecule has 8 nitrogen and oxygen atoms in total. The van der Waals surface area contributed by atoms with Crippen molar-refractivity contribution >= 4 is 29.5 Å². The Labute approximate surface area is 127 Å². The highest BCUT2D eigenvalue weighted by molar-refractivity contribution is 5.97. The zero-order chi connectivity index (χ0) is 16.5. The van der Waals surface area contributed by atoms with Crippen LogP contribution in [-0.4, -0.2) is 37.0 Å². The highest BCUT2D eigenvalue weighted by atomic mass is 16.5. The number of benzene rings is 1. The maximum Gasteiger partial charge on any atom is 0.338 e. The van der Waals surface area contributed by atoms with E-state index < -0.39 is 24.5 Å². The number of amides is 4. The number of carbonyl (C=O) groups excluding carboxylic acids is 4. The van der Waals surface area contributed by atoms with Crippen molar-refractivity contribution in [2.24, 2.45) is 0 Å². The van der Waals surface area contributed by atoms with Gasteiger partial charge in [-0.1, -0.05) is 0 Å². The van der Waals surface area contributed by atoms with E-state index in [-0.39, 0.29) is 11.5 Å². The third-order valence-corrected chi connectivity index (χ3v) is 2.37. The lowest BCUT2D eigenvalue weighted by atomic mass is 10.2. The fourth-order valence-electron chi connectivity index (χ4n) is 1.47. The van der Waals surface area contributed by atoms with Gasteiger partial charge in [0, 0.05) is 19.2 Å². The Bertz CT molecular complexity index is 568. The third-order valence-electron chi connectivity index (χ3n) is 2.37. The number of anilines is 1. The lowest BCUT2D eigenvalue weighted by Crippen LogP contribution is -2.41. The van der Waals surface area contributed by atoms with Crippen molar-refractivity contribution in [2.75, 3.05) is 18.5 Å². The molecule has 118 valence electrons. The maximum atomic E-state index is 11.7. The average molecular weight is 307 g/mol. The average Bonchev–Trinajstić information content (AvgIpc) is 2.45. The molecule has 0 unspecified atom stereocenters. The molecule has 0 saturated heterocycles. The summed E-state index contributed by atoms with van der Waals surface area (Å²) in [6.07, 6.45) is 0. The lowest BCUT2D eigenvalue weighted by molar-refractivity contribution is -0.123. The summed E-state index contributed by atoms with van der Waals surface area (Å²) in [6, 6.07) is 5.33. The molecular formula is C14H17N3O5. The van der Waals surface area contributed by atoms with Crippen LogP contribution >= 0.6 is 0 Å². The Morgan fingerprint density at radius 3 is 2.27 bits per heavy atom. The number of imide groups is 1. The molecule has 1 aromatic rings. The van der Waals surface area contributed by atoms with Crippen LogP contribution in [0.15, 0.2) is 24.3 Å². The zero-order valence-electron chi connectivity index (χ0n) is 12.3. The van der Waals surface area contributed by atoms with E-state index in [0.717, 1.165) is 0 Å². The molecule has 3 N–H and O–H groups in total. The van der Waals surface area contributed by atoms with E-state index in [9.17, 15) is 19.2 Å². The topological polar surface area (TPSA) is 114 Å². The lowest BCUT2D eigenvalue weighted by Gasteiger charge is -2.07. The molecule has 0 aromatic heterocycles. The smallest absolute Gasteiger partial charge is 0.338 e. The minimum atomic E-state index is -0.728. The number of rotatable bonds is 5. The van der Waals surface area contributed by atoms with Crippen LogP contribution in [0.3, 0.4) is 0 Å². The molecule has 22 heavy (non-hydrogen) atoms. The Morgan fingerprint density at radius 2 is 1.73 bits per heavy atom. The van der Waals surface area contributed by atoms with Gasteiger partial charge < -0.3 is 15.4 Å². The van der Waals surface area contributed by atoms with Crippen molar-refractivity contribution in [2.45, 2.75) is 13.8 Å². The molecule has 0 aliphatic heterocycles. The number of hydrogen-bond acceptors (Lipinski definition) is 5. The minimum Gasteiger partial charge on any atom is -0.452 e. The zero-order valence-corrected chi connectivity index (χ0v) is 12.3. The molecule has 0 radical (unpaired) electrons. The molecule has 0 fully saturated rings. The first-order valence-corrected chi connectivity index (χ1v) is 6.54. The summed E-state index contributed by atoms with van der Waals surface area (Å²) in [5, 5.41) is 6.93. The monoisotopic (exact) mass is 307 g/mol. The van der Waals surface area contributed by atoms with E-state index in [1.165, 1.54) is 31.2 Å². The second-order valence-electron chi connectivity index (χ2n) is 4.24. The molecular weight excluding hydrogens is 290 g/mol. The number of esters is 1. The van der Waals surface area contributed by atoms with Crippen molar-refractivity contribution in [1.29, 1.82) is 0 Å². The molecule has 0 aliphatic carbocycles. The van der Waals surface area contributed by atoms with Crippen LogP contribution in [-0.2, 0) is 14.3 Å². The molecule has 1 rings (SSSR count). The Kier molecular flexibility index (Phi) is 6.55. The van der Waals surface area contributed by atoms with Crippen molar-refractivity contribution in [1.82, 2.24) is 10.6 Å². The summed E-state index contributed by atoms with van der Waals surface area (Å²) in [5.41, 5.74) is 0.762. The summed E-state index contributed by atoms with van der Waals surface area (Å²) < 4.78 is 4.77. The van der Waals surface area contributed by atoms with Crippen LogP contribution in [0.1, 0.15) is 24.2 Å². The normalized spacial score (nSPS) is 9.55. The van der Waals surface area contributed by atoms with Gasteiger partial charge in [-0.05, 0) is 31.2 Å². The van der Waals surface area contributed by atoms with Crippen molar-refractivity contribution < 1.29 is 23.9 Å². The standard InChI is InChI=1S/C14H17N3O5/c1-3-15-14(21)17-12(19)8-22-13(20)10-4-6-11(7-5-10)16-9(2)18/h4-7H,3,8H2,1-2H3,(H,16,18)(H2,15,17,19,21). The number of hydrogen-bond donors (Lipinski definition) is 3. The molecule has 0 bridgehead atoms. The van der Waals surface area contributed by atoms with E-state index >= 15 is 0 Å². The largest absolute Gasteiger partial charge is 0.452 e. The van der Waals surface area contributed by atoms with Crippen LogP contribution < -0.4 is 16.0 Å². The van der Waals surface area contributed by atoms with Crippen molar-refractivity contribution in [3.63, 3.8) is 0 Å².